The Morgan fingerprint density at radius 3 is 1.93 bits per heavy atom. The zero-order valence-electron chi connectivity index (χ0n) is 18.7. The van der Waals surface area contributed by atoms with Crippen LogP contribution in [0, 0.1) is 0 Å². The van der Waals surface area contributed by atoms with E-state index in [9.17, 15) is 4.79 Å². The minimum Gasteiger partial charge on any atom is -0.379 e. The summed E-state index contributed by atoms with van der Waals surface area (Å²) in [6.07, 6.45) is 22.0. The second-order valence-corrected chi connectivity index (χ2v) is 8.27. The molecule has 0 unspecified atom stereocenters. The summed E-state index contributed by atoms with van der Waals surface area (Å²) in [4.78, 5) is 12.0. The van der Waals surface area contributed by atoms with E-state index in [1.165, 1.54) is 70.6 Å². The molecule has 0 aliphatic carbocycles. The number of quaternary nitrogens is 1. The molecule has 0 aromatic heterocycles. The van der Waals surface area contributed by atoms with Crippen molar-refractivity contribution in [3.8, 4) is 0 Å². The van der Waals surface area contributed by atoms with Gasteiger partial charge in [-0.15, -0.1) is 0 Å². The fourth-order valence-corrected chi connectivity index (χ4v) is 3.13. The van der Waals surface area contributed by atoms with Gasteiger partial charge in [0.1, 0.15) is 6.54 Å². The van der Waals surface area contributed by atoms with E-state index in [2.05, 4.69) is 24.5 Å². The Morgan fingerprint density at radius 2 is 1.37 bits per heavy atom. The molecule has 0 bridgehead atoms. The Hall–Kier alpha value is -0.870. The fraction of sp³-hybridized carbons (Fsp3) is 0.870. The molecular weight excluding hydrogens is 336 g/mol. The zero-order chi connectivity index (χ0) is 20.2. The quantitative estimate of drug-likeness (QED) is 0.133. The number of allylic oxidation sites excluding steroid dienone is 2. The van der Waals surface area contributed by atoms with Crippen LogP contribution in [-0.4, -0.2) is 44.9 Å². The lowest BCUT2D eigenvalue weighted by Crippen LogP contribution is -2.55. The second kappa shape index (κ2) is 18.5. The number of rotatable bonds is 19. The molecule has 0 saturated heterocycles. The molecule has 0 rings (SSSR count). The lowest BCUT2D eigenvalue weighted by Gasteiger charge is -2.28. The summed E-state index contributed by atoms with van der Waals surface area (Å²) in [6, 6.07) is 0. The Bertz CT molecular complexity index is 367. The van der Waals surface area contributed by atoms with Crippen LogP contribution < -0.4 is 5.43 Å². The van der Waals surface area contributed by atoms with Crippen LogP contribution in [-0.2, 0) is 9.53 Å². The van der Waals surface area contributed by atoms with Crippen LogP contribution in [0.25, 0.3) is 0 Å². The third kappa shape index (κ3) is 19.7. The normalized spacial score (nSPS) is 12.0. The standard InChI is InChI=1S/C23H46N2O2/c1-5-6-7-8-9-10-11-12-13-14-15-16-17-18-19-20-23(26)24-25(2,3)21-22-27-4/h12-13H,5-11,14-22H2,1-4H3/p+1/b13-12-. The number of carbonyl (C=O) groups excluding carboxylic acids is 1. The monoisotopic (exact) mass is 383 g/mol. The number of methoxy groups -OCH3 is 1. The number of amides is 1. The highest BCUT2D eigenvalue weighted by Crippen LogP contribution is 2.10. The van der Waals surface area contributed by atoms with Crippen molar-refractivity contribution in [3.63, 3.8) is 0 Å². The summed E-state index contributed by atoms with van der Waals surface area (Å²) in [5.41, 5.74) is 3.05. The lowest BCUT2D eigenvalue weighted by molar-refractivity contribution is -0.925. The summed E-state index contributed by atoms with van der Waals surface area (Å²) in [7, 11) is 5.68. The number of hydrogen-bond donors (Lipinski definition) is 1. The molecule has 0 spiro atoms. The molecule has 0 aliphatic heterocycles. The van der Waals surface area contributed by atoms with Gasteiger partial charge in [-0.05, 0) is 32.1 Å². The molecule has 0 saturated carbocycles. The Balaban J connectivity index is 3.39. The SMILES string of the molecule is CCCCCCCC/C=C\CCCCCCCC(=O)N[N+](C)(C)CCOC. The van der Waals surface area contributed by atoms with Crippen molar-refractivity contribution in [2.24, 2.45) is 0 Å². The van der Waals surface area contributed by atoms with Gasteiger partial charge in [-0.25, -0.2) is 10.0 Å². The molecule has 160 valence electrons. The van der Waals surface area contributed by atoms with E-state index >= 15 is 0 Å². The number of unbranched alkanes of at least 4 members (excludes halogenated alkanes) is 11. The highest BCUT2D eigenvalue weighted by atomic mass is 16.5. The first-order valence-electron chi connectivity index (χ1n) is 11.3. The number of nitrogens with zero attached hydrogens (tertiary/aromatic N) is 1. The molecule has 1 amide bonds. The van der Waals surface area contributed by atoms with Crippen LogP contribution in [0.3, 0.4) is 0 Å². The van der Waals surface area contributed by atoms with Crippen LogP contribution in [0.5, 0.6) is 0 Å². The number of hydrogen-bond acceptors (Lipinski definition) is 2. The van der Waals surface area contributed by atoms with Gasteiger partial charge in [-0.2, -0.15) is 0 Å². The van der Waals surface area contributed by atoms with E-state index in [0.717, 1.165) is 19.4 Å². The van der Waals surface area contributed by atoms with Crippen molar-refractivity contribution in [3.05, 3.63) is 12.2 Å². The molecule has 1 N–H and O–H groups in total. The summed E-state index contributed by atoms with van der Waals surface area (Å²) in [5.74, 6) is 0.147. The van der Waals surface area contributed by atoms with Crippen LogP contribution >= 0.6 is 0 Å². The maximum absolute atomic E-state index is 12.0. The maximum atomic E-state index is 12.0. The van der Waals surface area contributed by atoms with Gasteiger partial charge in [0, 0.05) is 13.5 Å². The molecule has 4 nitrogen and oxygen atoms in total. The van der Waals surface area contributed by atoms with Crippen molar-refractivity contribution in [1.82, 2.24) is 5.43 Å². The van der Waals surface area contributed by atoms with E-state index in [1.54, 1.807) is 7.11 Å². The number of nitrogens with one attached hydrogen (secondary N) is 1. The van der Waals surface area contributed by atoms with Gasteiger partial charge in [-0.3, -0.25) is 4.79 Å². The van der Waals surface area contributed by atoms with Crippen LogP contribution in [0.4, 0.5) is 0 Å². The molecule has 0 aliphatic rings. The fourth-order valence-electron chi connectivity index (χ4n) is 3.13. The van der Waals surface area contributed by atoms with E-state index in [1.807, 2.05) is 14.1 Å². The van der Waals surface area contributed by atoms with Crippen molar-refractivity contribution < 1.29 is 14.1 Å². The first kappa shape index (κ1) is 26.1. The molecule has 4 heteroatoms. The van der Waals surface area contributed by atoms with Gasteiger partial charge < -0.3 is 4.74 Å². The van der Waals surface area contributed by atoms with E-state index in [0.29, 0.717) is 17.6 Å². The first-order valence-corrected chi connectivity index (χ1v) is 11.3. The third-order valence-corrected chi connectivity index (χ3v) is 4.95. The summed E-state index contributed by atoms with van der Waals surface area (Å²) >= 11 is 0. The van der Waals surface area contributed by atoms with Crippen molar-refractivity contribution in [1.29, 1.82) is 0 Å². The summed E-state index contributed by atoms with van der Waals surface area (Å²) in [5, 5.41) is 0. The number of likely N-dealkylation sites (N-methyl/N-ethyl adjacent to an activating group) is 1. The van der Waals surface area contributed by atoms with Gasteiger partial charge in [0.15, 0.2) is 0 Å². The Kier molecular flexibility index (Phi) is 17.9. The predicted molar refractivity (Wildman–Crippen MR) is 116 cm³/mol. The van der Waals surface area contributed by atoms with E-state index in [-0.39, 0.29) is 5.91 Å². The summed E-state index contributed by atoms with van der Waals surface area (Å²) in [6.45, 7) is 3.71. The largest absolute Gasteiger partial charge is 0.379 e. The number of ether oxygens (including phenoxy) is 1. The third-order valence-electron chi connectivity index (χ3n) is 4.95. The summed E-state index contributed by atoms with van der Waals surface area (Å²) < 4.78 is 5.56. The second-order valence-electron chi connectivity index (χ2n) is 8.27. The molecule has 0 radical (unpaired) electrons. The molecule has 0 aromatic rings. The van der Waals surface area contributed by atoms with Crippen LogP contribution in [0.1, 0.15) is 96.8 Å². The number of carbonyl (C=O) groups is 1. The molecular formula is C23H47N2O2+. The average Bonchev–Trinajstić information content (AvgIpc) is 2.63. The molecule has 0 atom stereocenters. The molecule has 0 aromatic carbocycles. The van der Waals surface area contributed by atoms with Crippen LogP contribution in [0.15, 0.2) is 12.2 Å². The van der Waals surface area contributed by atoms with Gasteiger partial charge in [0.05, 0.1) is 20.7 Å². The average molecular weight is 384 g/mol. The van der Waals surface area contributed by atoms with E-state index < -0.39 is 0 Å². The molecule has 0 heterocycles. The first-order chi connectivity index (χ1) is 13.0. The Morgan fingerprint density at radius 1 is 0.852 bits per heavy atom. The molecule has 0 fully saturated rings. The highest BCUT2D eigenvalue weighted by molar-refractivity contribution is 5.74. The van der Waals surface area contributed by atoms with Gasteiger partial charge >= 0.3 is 0 Å². The predicted octanol–water partition coefficient (Wildman–Crippen LogP) is 5.78. The lowest BCUT2D eigenvalue weighted by atomic mass is 10.1. The molecule has 27 heavy (non-hydrogen) atoms. The van der Waals surface area contributed by atoms with Crippen molar-refractivity contribution in [2.45, 2.75) is 96.8 Å². The highest BCUT2D eigenvalue weighted by Gasteiger charge is 2.17. The van der Waals surface area contributed by atoms with E-state index in [4.69, 9.17) is 4.74 Å². The minimum atomic E-state index is 0.147. The van der Waals surface area contributed by atoms with Crippen molar-refractivity contribution >= 4 is 5.91 Å². The van der Waals surface area contributed by atoms with Gasteiger partial charge in [0.25, 0.3) is 5.91 Å². The maximum Gasteiger partial charge on any atom is 0.264 e. The topological polar surface area (TPSA) is 38.3 Å². The Labute approximate surface area is 169 Å². The zero-order valence-corrected chi connectivity index (χ0v) is 18.7. The van der Waals surface area contributed by atoms with Crippen molar-refractivity contribution in [2.75, 3.05) is 34.4 Å². The van der Waals surface area contributed by atoms with Crippen LogP contribution in [0.2, 0.25) is 0 Å². The van der Waals surface area contributed by atoms with Gasteiger partial charge in [0.2, 0.25) is 0 Å². The minimum absolute atomic E-state index is 0.147. The van der Waals surface area contributed by atoms with Gasteiger partial charge in [-0.1, -0.05) is 70.4 Å². The smallest absolute Gasteiger partial charge is 0.264 e.